The van der Waals surface area contributed by atoms with E-state index in [1.807, 2.05) is 66.7 Å². The zero-order chi connectivity index (χ0) is 34.8. The van der Waals surface area contributed by atoms with Gasteiger partial charge >= 0.3 is 0 Å². The van der Waals surface area contributed by atoms with Crippen LogP contribution in [0, 0.1) is 0 Å². The first-order valence-electron chi connectivity index (χ1n) is 17.5. The van der Waals surface area contributed by atoms with Gasteiger partial charge in [0.25, 0.3) is 0 Å². The number of aromatic nitrogens is 2. The molecule has 6 aromatic carbocycles. The molecule has 0 unspecified atom stereocenters. The molecule has 4 heteroatoms. The lowest BCUT2D eigenvalue weighted by Gasteiger charge is -2.40. The fourth-order valence-corrected chi connectivity index (χ4v) is 8.29. The van der Waals surface area contributed by atoms with Crippen LogP contribution in [-0.2, 0) is 5.41 Å². The Balaban J connectivity index is 1.31. The highest BCUT2D eigenvalue weighted by Crippen LogP contribution is 2.63. The summed E-state index contributed by atoms with van der Waals surface area (Å²) in [4.78, 5) is 10.2. The lowest BCUT2D eigenvalue weighted by Crippen LogP contribution is -2.32. The molecule has 1 spiro atoms. The van der Waals surface area contributed by atoms with Crippen molar-refractivity contribution in [2.75, 3.05) is 0 Å². The highest BCUT2D eigenvalue weighted by molar-refractivity contribution is 6.15. The van der Waals surface area contributed by atoms with E-state index < -0.39 is 5.41 Å². The average molecular weight is 669 g/mol. The molecule has 0 amide bonds. The molecule has 52 heavy (non-hydrogen) atoms. The van der Waals surface area contributed by atoms with Crippen molar-refractivity contribution in [3.63, 3.8) is 0 Å². The van der Waals surface area contributed by atoms with Crippen molar-refractivity contribution < 1.29 is 9.15 Å². The number of ether oxygens (including phenoxy) is 1. The monoisotopic (exact) mass is 668 g/mol. The summed E-state index contributed by atoms with van der Waals surface area (Å²) in [6, 6.07) is 52.0. The number of benzene rings is 6. The van der Waals surface area contributed by atoms with Gasteiger partial charge in [-0.25, -0.2) is 9.97 Å². The number of hydrogen-bond donors (Lipinski definition) is 0. The van der Waals surface area contributed by atoms with E-state index in [9.17, 15) is 0 Å². The van der Waals surface area contributed by atoms with Crippen LogP contribution < -0.4 is 4.74 Å². The minimum absolute atomic E-state index is 0.682. The molecule has 0 saturated carbocycles. The van der Waals surface area contributed by atoms with Crippen molar-refractivity contribution >= 4 is 33.1 Å². The Hall–Kier alpha value is -6.78. The van der Waals surface area contributed by atoms with Crippen LogP contribution >= 0.6 is 0 Å². The van der Waals surface area contributed by atoms with E-state index in [1.165, 1.54) is 5.56 Å². The van der Waals surface area contributed by atoms with Gasteiger partial charge in [-0.3, -0.25) is 0 Å². The lowest BCUT2D eigenvalue weighted by atomic mass is 9.65. The van der Waals surface area contributed by atoms with Crippen molar-refractivity contribution in [1.29, 1.82) is 0 Å². The summed E-state index contributed by atoms with van der Waals surface area (Å²) in [5, 5.41) is 2.16. The Morgan fingerprint density at radius 1 is 0.635 bits per heavy atom. The molecule has 0 bridgehead atoms. The third kappa shape index (κ3) is 4.34. The Morgan fingerprint density at radius 3 is 1.98 bits per heavy atom. The molecule has 2 aromatic heterocycles. The Bertz CT molecular complexity index is 2690. The summed E-state index contributed by atoms with van der Waals surface area (Å²) < 4.78 is 13.1. The summed E-state index contributed by atoms with van der Waals surface area (Å²) >= 11 is 0. The van der Waals surface area contributed by atoms with Gasteiger partial charge in [0.15, 0.2) is 5.82 Å². The number of para-hydroxylation sites is 3. The topological polar surface area (TPSA) is 48.2 Å². The molecule has 4 nitrogen and oxygen atoms in total. The van der Waals surface area contributed by atoms with Crippen LogP contribution in [0.3, 0.4) is 0 Å². The third-order valence-electron chi connectivity index (χ3n) is 10.5. The Morgan fingerprint density at radius 2 is 1.27 bits per heavy atom. The molecule has 1 aliphatic carbocycles. The molecule has 3 heterocycles. The first-order chi connectivity index (χ1) is 25.6. The minimum Gasteiger partial charge on any atom is -0.457 e. The molecule has 8 aromatic rings. The third-order valence-corrected chi connectivity index (χ3v) is 10.5. The highest BCUT2D eigenvalue weighted by Gasteiger charge is 2.52. The van der Waals surface area contributed by atoms with Crippen molar-refractivity contribution in [2.24, 2.45) is 0 Å². The maximum atomic E-state index is 6.60. The van der Waals surface area contributed by atoms with E-state index in [1.54, 1.807) is 0 Å². The normalized spacial score (nSPS) is 14.3. The van der Waals surface area contributed by atoms with Gasteiger partial charge in [-0.1, -0.05) is 134 Å². The standard InChI is InChI=1S/C48H32N2O2/c1-3-35-34(28-30(2)39-29-40(31-16-6-4-7-17-31)50-47(49-39)32-18-8-5-9-19-32)45-38(26-27-44-46(45)33-20-10-13-23-41(33)51-44)48(35)36-21-11-14-24-42(36)52-43-25-15-12-22-37(43)48/h3-29H,1H2,2H3/b30-28+. The molecule has 0 saturated heterocycles. The van der Waals surface area contributed by atoms with Gasteiger partial charge in [-0.05, 0) is 71.2 Å². The van der Waals surface area contributed by atoms with Crippen LogP contribution in [0.25, 0.3) is 55.7 Å². The van der Waals surface area contributed by atoms with Gasteiger partial charge in [0.1, 0.15) is 22.7 Å². The molecule has 10 rings (SSSR count). The van der Waals surface area contributed by atoms with E-state index >= 15 is 0 Å². The highest BCUT2D eigenvalue weighted by atomic mass is 16.5. The van der Waals surface area contributed by atoms with Crippen molar-refractivity contribution in [3.05, 3.63) is 204 Å². The van der Waals surface area contributed by atoms with Gasteiger partial charge in [0.2, 0.25) is 0 Å². The number of rotatable bonds is 5. The number of fused-ring (bicyclic) bond motifs is 10. The molecule has 0 radical (unpaired) electrons. The fourth-order valence-electron chi connectivity index (χ4n) is 8.29. The number of allylic oxidation sites excluding steroid dienone is 5. The maximum Gasteiger partial charge on any atom is 0.160 e. The van der Waals surface area contributed by atoms with Gasteiger partial charge in [-0.2, -0.15) is 0 Å². The van der Waals surface area contributed by atoms with Gasteiger partial charge in [0.05, 0.1) is 16.8 Å². The second-order valence-electron chi connectivity index (χ2n) is 13.4. The molecule has 0 atom stereocenters. The van der Waals surface area contributed by atoms with Crippen LogP contribution in [0.15, 0.2) is 180 Å². The first-order valence-corrected chi connectivity index (χ1v) is 17.5. The zero-order valence-corrected chi connectivity index (χ0v) is 28.5. The number of hydrogen-bond acceptors (Lipinski definition) is 4. The van der Waals surface area contributed by atoms with E-state index in [4.69, 9.17) is 19.1 Å². The SMILES string of the molecule is C=CC1=C(/C=C(\C)c2cc(-c3ccccc3)nc(-c3ccccc3)n2)c2c(ccc3oc4ccccc4c23)C12c1ccccc1Oc1ccccc12. The van der Waals surface area contributed by atoms with Crippen LogP contribution in [0.1, 0.15) is 34.9 Å². The lowest BCUT2D eigenvalue weighted by molar-refractivity contribution is 0.436. The van der Waals surface area contributed by atoms with Crippen molar-refractivity contribution in [1.82, 2.24) is 9.97 Å². The van der Waals surface area contributed by atoms with E-state index in [-0.39, 0.29) is 0 Å². The Kier molecular flexibility index (Phi) is 6.74. The smallest absolute Gasteiger partial charge is 0.160 e. The summed E-state index contributed by atoms with van der Waals surface area (Å²) in [5.41, 5.74) is 12.4. The summed E-state index contributed by atoms with van der Waals surface area (Å²) in [6.07, 6.45) is 4.33. The second-order valence-corrected chi connectivity index (χ2v) is 13.4. The molecule has 1 aliphatic heterocycles. The van der Waals surface area contributed by atoms with Crippen LogP contribution in [0.4, 0.5) is 0 Å². The summed E-state index contributed by atoms with van der Waals surface area (Å²) in [5.74, 6) is 2.35. The first kappa shape index (κ1) is 30.1. The predicted octanol–water partition coefficient (Wildman–Crippen LogP) is 12.2. The summed E-state index contributed by atoms with van der Waals surface area (Å²) in [6.45, 7) is 6.65. The molecule has 0 N–H and O–H groups in total. The largest absolute Gasteiger partial charge is 0.457 e. The molecule has 0 fully saturated rings. The predicted molar refractivity (Wildman–Crippen MR) is 210 cm³/mol. The molecule has 246 valence electrons. The Labute approximate surface area is 301 Å². The van der Waals surface area contributed by atoms with Crippen molar-refractivity contribution in [3.8, 4) is 34.1 Å². The van der Waals surface area contributed by atoms with Crippen LogP contribution in [0.2, 0.25) is 0 Å². The molecular weight excluding hydrogens is 637 g/mol. The quantitative estimate of drug-likeness (QED) is 0.183. The summed E-state index contributed by atoms with van der Waals surface area (Å²) in [7, 11) is 0. The van der Waals surface area contributed by atoms with Gasteiger partial charge in [-0.15, -0.1) is 0 Å². The number of furan rings is 1. The maximum absolute atomic E-state index is 6.60. The second kappa shape index (κ2) is 11.6. The van der Waals surface area contributed by atoms with Crippen LogP contribution in [0.5, 0.6) is 11.5 Å². The van der Waals surface area contributed by atoms with E-state index in [2.05, 4.69) is 111 Å². The van der Waals surface area contributed by atoms with Gasteiger partial charge in [0, 0.05) is 33.0 Å². The number of nitrogens with zero attached hydrogens (tertiary/aromatic N) is 2. The van der Waals surface area contributed by atoms with Gasteiger partial charge < -0.3 is 9.15 Å². The van der Waals surface area contributed by atoms with Crippen LogP contribution in [-0.4, -0.2) is 9.97 Å². The molecule has 2 aliphatic rings. The fraction of sp³-hybridized carbons (Fsp3) is 0.0417. The van der Waals surface area contributed by atoms with E-state index in [0.29, 0.717) is 5.82 Å². The van der Waals surface area contributed by atoms with E-state index in [0.717, 1.165) is 89.4 Å². The zero-order valence-electron chi connectivity index (χ0n) is 28.5. The minimum atomic E-state index is -0.683. The molecular formula is C48H32N2O2. The van der Waals surface area contributed by atoms with Crippen molar-refractivity contribution in [2.45, 2.75) is 12.3 Å². The average Bonchev–Trinajstić information content (AvgIpc) is 3.72.